The first-order valence-electron chi connectivity index (χ1n) is 11.6. The van der Waals surface area contributed by atoms with Gasteiger partial charge in [-0.25, -0.2) is 9.50 Å². The average molecular weight is 434 g/mol. The summed E-state index contributed by atoms with van der Waals surface area (Å²) in [6, 6.07) is 17.2. The van der Waals surface area contributed by atoms with Crippen LogP contribution in [-0.2, 0) is 5.41 Å². The highest BCUT2D eigenvalue weighted by molar-refractivity contribution is 6.01. The molecule has 5 heteroatoms. The van der Waals surface area contributed by atoms with Gasteiger partial charge in [-0.3, -0.25) is 4.98 Å². The van der Waals surface area contributed by atoms with Crippen LogP contribution in [0.3, 0.4) is 0 Å². The predicted octanol–water partition coefficient (Wildman–Crippen LogP) is 5.56. The van der Waals surface area contributed by atoms with E-state index in [0.29, 0.717) is 0 Å². The van der Waals surface area contributed by atoms with E-state index < -0.39 is 0 Å². The monoisotopic (exact) mass is 433 g/mol. The Morgan fingerprint density at radius 2 is 1.61 bits per heavy atom. The van der Waals surface area contributed by atoms with Gasteiger partial charge in [0.15, 0.2) is 5.65 Å². The summed E-state index contributed by atoms with van der Waals surface area (Å²) in [5.41, 5.74) is 7.74. The first-order valence-corrected chi connectivity index (χ1v) is 11.6. The van der Waals surface area contributed by atoms with Crippen molar-refractivity contribution in [3.05, 3.63) is 84.6 Å². The van der Waals surface area contributed by atoms with Crippen molar-refractivity contribution in [1.82, 2.24) is 24.9 Å². The molecule has 33 heavy (non-hydrogen) atoms. The lowest BCUT2D eigenvalue weighted by Gasteiger charge is -2.33. The molecule has 0 atom stereocenters. The Morgan fingerprint density at radius 3 is 2.39 bits per heavy atom. The van der Waals surface area contributed by atoms with E-state index in [9.17, 15) is 0 Å². The highest BCUT2D eigenvalue weighted by atomic mass is 15.2. The molecule has 1 aliphatic rings. The number of fused-ring (bicyclic) bond motifs is 2. The molecule has 164 valence electrons. The van der Waals surface area contributed by atoms with E-state index in [1.54, 1.807) is 0 Å². The van der Waals surface area contributed by atoms with Crippen LogP contribution in [0, 0.1) is 6.92 Å². The van der Waals surface area contributed by atoms with Gasteiger partial charge in [0.1, 0.15) is 0 Å². The highest BCUT2D eigenvalue weighted by Crippen LogP contribution is 2.34. The summed E-state index contributed by atoms with van der Waals surface area (Å²) in [6.45, 7) is 6.58. The molecular weight excluding hydrogens is 406 g/mol. The minimum absolute atomic E-state index is 0.152. The maximum absolute atomic E-state index is 4.84. The van der Waals surface area contributed by atoms with Crippen LogP contribution < -0.4 is 5.32 Å². The summed E-state index contributed by atoms with van der Waals surface area (Å²) in [4.78, 5) is 9.65. The quantitative estimate of drug-likeness (QED) is 0.405. The van der Waals surface area contributed by atoms with E-state index >= 15 is 0 Å². The highest BCUT2D eigenvalue weighted by Gasteiger charge is 2.29. The molecule has 1 saturated heterocycles. The molecule has 0 aliphatic carbocycles. The minimum Gasteiger partial charge on any atom is -0.317 e. The molecule has 5 nitrogen and oxygen atoms in total. The van der Waals surface area contributed by atoms with Gasteiger partial charge in [-0.15, -0.1) is 0 Å². The summed E-state index contributed by atoms with van der Waals surface area (Å²) in [6.07, 6.45) is 10.1. The van der Waals surface area contributed by atoms with Crippen molar-refractivity contribution in [1.29, 1.82) is 0 Å². The molecular formula is C28H27N5. The van der Waals surface area contributed by atoms with Gasteiger partial charge < -0.3 is 5.32 Å². The van der Waals surface area contributed by atoms with Crippen molar-refractivity contribution in [3.63, 3.8) is 0 Å². The standard InChI is InChI=1S/C28H27N5/c1-19-7-9-24(23-6-4-3-5-22(19)23)25-17-32-33-18-21(16-31-27(25)33)20-8-10-26(30-15-20)28(2)11-13-29-14-12-28/h3-10,15-18,29H,11-14H2,1-2H3. The third kappa shape index (κ3) is 3.40. The molecule has 0 amide bonds. The van der Waals surface area contributed by atoms with Crippen molar-refractivity contribution in [2.45, 2.75) is 32.1 Å². The number of aryl methyl sites for hydroxylation is 1. The van der Waals surface area contributed by atoms with E-state index in [4.69, 9.17) is 9.97 Å². The number of hydrogen-bond donors (Lipinski definition) is 1. The summed E-state index contributed by atoms with van der Waals surface area (Å²) in [5, 5.41) is 10.6. The van der Waals surface area contributed by atoms with Crippen LogP contribution in [0.25, 0.3) is 38.7 Å². The molecule has 1 aliphatic heterocycles. The maximum atomic E-state index is 4.84. The van der Waals surface area contributed by atoms with Crippen molar-refractivity contribution < 1.29 is 0 Å². The van der Waals surface area contributed by atoms with Crippen LogP contribution in [-0.4, -0.2) is 32.7 Å². The average Bonchev–Trinajstić information content (AvgIpc) is 3.28. The Kier molecular flexibility index (Phi) is 4.73. The molecule has 3 aromatic heterocycles. The molecule has 0 radical (unpaired) electrons. The zero-order valence-corrected chi connectivity index (χ0v) is 19.0. The smallest absolute Gasteiger partial charge is 0.162 e. The number of nitrogens with one attached hydrogen (secondary N) is 1. The summed E-state index contributed by atoms with van der Waals surface area (Å²) in [7, 11) is 0. The van der Waals surface area contributed by atoms with Crippen LogP contribution in [0.15, 0.2) is 73.3 Å². The fourth-order valence-corrected chi connectivity index (χ4v) is 5.05. The number of nitrogens with zero attached hydrogens (tertiary/aromatic N) is 4. The lowest BCUT2D eigenvalue weighted by atomic mass is 9.78. The Bertz CT molecular complexity index is 1460. The van der Waals surface area contributed by atoms with Crippen molar-refractivity contribution >= 4 is 16.4 Å². The third-order valence-corrected chi connectivity index (χ3v) is 7.21. The fourth-order valence-electron chi connectivity index (χ4n) is 5.05. The molecule has 0 bridgehead atoms. The Morgan fingerprint density at radius 1 is 0.818 bits per heavy atom. The van der Waals surface area contributed by atoms with Crippen LogP contribution in [0.2, 0.25) is 0 Å². The van der Waals surface area contributed by atoms with Crippen LogP contribution in [0.5, 0.6) is 0 Å². The fraction of sp³-hybridized carbons (Fsp3) is 0.250. The Hall–Kier alpha value is -3.57. The second kappa shape index (κ2) is 7.78. The van der Waals surface area contributed by atoms with Crippen molar-refractivity contribution in [3.8, 4) is 22.3 Å². The molecule has 4 heterocycles. The topological polar surface area (TPSA) is 55.1 Å². The van der Waals surface area contributed by atoms with Crippen LogP contribution in [0.1, 0.15) is 31.0 Å². The Labute approximate surface area is 193 Å². The van der Waals surface area contributed by atoms with Gasteiger partial charge in [-0.2, -0.15) is 5.10 Å². The first-order chi connectivity index (χ1) is 16.1. The number of rotatable bonds is 3. The summed E-state index contributed by atoms with van der Waals surface area (Å²) >= 11 is 0. The normalized spacial score (nSPS) is 15.8. The number of piperidine rings is 1. The van der Waals surface area contributed by atoms with E-state index in [0.717, 1.165) is 53.8 Å². The lowest BCUT2D eigenvalue weighted by Crippen LogP contribution is -2.38. The lowest BCUT2D eigenvalue weighted by molar-refractivity contribution is 0.327. The summed E-state index contributed by atoms with van der Waals surface area (Å²) < 4.78 is 1.88. The van der Waals surface area contributed by atoms with Crippen LogP contribution >= 0.6 is 0 Å². The van der Waals surface area contributed by atoms with Gasteiger partial charge in [0.05, 0.1) is 6.20 Å². The van der Waals surface area contributed by atoms with E-state index in [2.05, 4.69) is 72.8 Å². The maximum Gasteiger partial charge on any atom is 0.162 e. The molecule has 0 unspecified atom stereocenters. The van der Waals surface area contributed by atoms with Gasteiger partial charge in [0.25, 0.3) is 0 Å². The Balaban J connectivity index is 1.37. The number of benzene rings is 2. The zero-order valence-electron chi connectivity index (χ0n) is 19.0. The van der Waals surface area contributed by atoms with Gasteiger partial charge in [-0.1, -0.05) is 49.4 Å². The third-order valence-electron chi connectivity index (χ3n) is 7.21. The van der Waals surface area contributed by atoms with E-state index in [-0.39, 0.29) is 5.41 Å². The van der Waals surface area contributed by atoms with Gasteiger partial charge in [0, 0.05) is 46.4 Å². The van der Waals surface area contributed by atoms with Gasteiger partial charge in [-0.05, 0) is 60.8 Å². The van der Waals surface area contributed by atoms with Crippen molar-refractivity contribution in [2.24, 2.45) is 0 Å². The molecule has 1 N–H and O–H groups in total. The second-order valence-corrected chi connectivity index (χ2v) is 9.39. The molecule has 1 fully saturated rings. The molecule has 0 spiro atoms. The number of hydrogen-bond acceptors (Lipinski definition) is 4. The zero-order chi connectivity index (χ0) is 22.4. The molecule has 5 aromatic rings. The molecule has 6 rings (SSSR count). The van der Waals surface area contributed by atoms with E-state index in [1.165, 1.54) is 22.0 Å². The van der Waals surface area contributed by atoms with Crippen LogP contribution in [0.4, 0.5) is 0 Å². The first kappa shape index (κ1) is 20.1. The summed E-state index contributed by atoms with van der Waals surface area (Å²) in [5.74, 6) is 0. The van der Waals surface area contributed by atoms with E-state index in [1.807, 2.05) is 29.3 Å². The van der Waals surface area contributed by atoms with Gasteiger partial charge >= 0.3 is 0 Å². The number of aromatic nitrogens is 4. The molecule has 0 saturated carbocycles. The number of pyridine rings is 1. The second-order valence-electron chi connectivity index (χ2n) is 9.39. The largest absolute Gasteiger partial charge is 0.317 e. The predicted molar refractivity (Wildman–Crippen MR) is 133 cm³/mol. The minimum atomic E-state index is 0.152. The molecule has 2 aromatic carbocycles. The van der Waals surface area contributed by atoms with Gasteiger partial charge in [0.2, 0.25) is 0 Å². The SMILES string of the molecule is Cc1ccc(-c2cnn3cc(-c4ccc(C5(C)CCNCC5)nc4)cnc23)c2ccccc12. The van der Waals surface area contributed by atoms with Crippen molar-refractivity contribution in [2.75, 3.05) is 13.1 Å².